The van der Waals surface area contributed by atoms with Crippen LogP contribution < -0.4 is 9.64 Å². The van der Waals surface area contributed by atoms with Gasteiger partial charge in [0.1, 0.15) is 23.9 Å². The van der Waals surface area contributed by atoms with Gasteiger partial charge in [-0.15, -0.1) is 0 Å². The second-order valence-electron chi connectivity index (χ2n) is 7.87. The highest BCUT2D eigenvalue weighted by atomic mass is 16.5. The summed E-state index contributed by atoms with van der Waals surface area (Å²) in [5, 5.41) is 11.5. The van der Waals surface area contributed by atoms with Crippen LogP contribution in [0.2, 0.25) is 0 Å². The largest absolute Gasteiger partial charge is 0.507 e. The van der Waals surface area contributed by atoms with Crippen molar-refractivity contribution in [3.63, 3.8) is 0 Å². The van der Waals surface area contributed by atoms with Crippen molar-refractivity contribution in [2.75, 3.05) is 18.5 Å². The molecule has 5 rings (SSSR count). The predicted molar refractivity (Wildman–Crippen MR) is 123 cm³/mol. The zero-order valence-corrected chi connectivity index (χ0v) is 17.1. The number of likely N-dealkylation sites (N-methyl/N-ethyl adjacent to an activating group) is 1. The standard InChI is InChI=1S/C26H24N2O2/c1-17-8-13-23-24(25(17)29)22-14-20(15-28(2)26(22)27-23)19-9-11-21(12-10-19)30-16-18-6-4-3-5-7-18/h3-14,27,29H,15-16H2,1-2H3. The van der Waals surface area contributed by atoms with Gasteiger partial charge in [0.25, 0.3) is 0 Å². The van der Waals surface area contributed by atoms with Gasteiger partial charge in [0.05, 0.1) is 10.9 Å². The molecule has 0 saturated heterocycles. The molecule has 1 aromatic heterocycles. The number of hydrogen-bond acceptors (Lipinski definition) is 3. The first-order valence-electron chi connectivity index (χ1n) is 10.1. The first kappa shape index (κ1) is 18.4. The van der Waals surface area contributed by atoms with Gasteiger partial charge in [0, 0.05) is 19.2 Å². The summed E-state index contributed by atoms with van der Waals surface area (Å²) in [6.07, 6.45) is 2.19. The van der Waals surface area contributed by atoms with Crippen LogP contribution in [0.25, 0.3) is 22.6 Å². The number of ether oxygens (including phenoxy) is 1. The predicted octanol–water partition coefficient (Wildman–Crippen LogP) is 5.75. The second-order valence-corrected chi connectivity index (χ2v) is 7.87. The third kappa shape index (κ3) is 3.20. The fraction of sp³-hybridized carbons (Fsp3) is 0.154. The van der Waals surface area contributed by atoms with Crippen LogP contribution in [-0.4, -0.2) is 23.7 Å². The number of rotatable bonds is 4. The number of benzene rings is 3. The fourth-order valence-electron chi connectivity index (χ4n) is 4.06. The zero-order chi connectivity index (χ0) is 20.7. The molecule has 0 radical (unpaired) electrons. The van der Waals surface area contributed by atoms with E-state index in [1.807, 2.05) is 49.4 Å². The normalized spacial score (nSPS) is 13.3. The summed E-state index contributed by atoms with van der Waals surface area (Å²) in [5.74, 6) is 2.24. The molecule has 0 unspecified atom stereocenters. The third-order valence-corrected chi connectivity index (χ3v) is 5.74. The quantitative estimate of drug-likeness (QED) is 0.462. The molecule has 0 amide bonds. The molecule has 3 aromatic carbocycles. The number of aryl methyl sites for hydroxylation is 1. The van der Waals surface area contributed by atoms with E-state index >= 15 is 0 Å². The topological polar surface area (TPSA) is 48.5 Å². The van der Waals surface area contributed by atoms with Crippen LogP contribution in [0.1, 0.15) is 22.3 Å². The Hall–Kier alpha value is -3.66. The minimum Gasteiger partial charge on any atom is -0.507 e. The molecule has 0 saturated carbocycles. The number of anilines is 1. The van der Waals surface area contributed by atoms with Crippen LogP contribution in [-0.2, 0) is 6.61 Å². The molecule has 0 fully saturated rings. The summed E-state index contributed by atoms with van der Waals surface area (Å²) in [6.45, 7) is 3.28. The summed E-state index contributed by atoms with van der Waals surface area (Å²) in [7, 11) is 2.07. The zero-order valence-electron chi connectivity index (χ0n) is 17.1. The summed E-state index contributed by atoms with van der Waals surface area (Å²) >= 11 is 0. The Labute approximate surface area is 176 Å². The van der Waals surface area contributed by atoms with E-state index in [1.165, 1.54) is 5.57 Å². The van der Waals surface area contributed by atoms with Crippen LogP contribution in [0.3, 0.4) is 0 Å². The molecule has 1 aliphatic rings. The van der Waals surface area contributed by atoms with Crippen LogP contribution in [0.4, 0.5) is 5.82 Å². The van der Waals surface area contributed by atoms with Gasteiger partial charge >= 0.3 is 0 Å². The number of hydrogen-bond donors (Lipinski definition) is 2. The van der Waals surface area contributed by atoms with E-state index in [1.54, 1.807) is 0 Å². The van der Waals surface area contributed by atoms with E-state index in [2.05, 4.69) is 47.3 Å². The Morgan fingerprint density at radius 3 is 2.53 bits per heavy atom. The fourth-order valence-corrected chi connectivity index (χ4v) is 4.06. The van der Waals surface area contributed by atoms with E-state index in [0.29, 0.717) is 12.4 Å². The molecule has 2 N–H and O–H groups in total. The average molecular weight is 396 g/mol. The van der Waals surface area contributed by atoms with Gasteiger partial charge in [0.2, 0.25) is 0 Å². The van der Waals surface area contributed by atoms with E-state index in [-0.39, 0.29) is 0 Å². The molecule has 150 valence electrons. The summed E-state index contributed by atoms with van der Waals surface area (Å²) in [6, 6.07) is 22.4. The number of aromatic nitrogens is 1. The van der Waals surface area contributed by atoms with Crippen molar-refractivity contribution in [1.29, 1.82) is 0 Å². The lowest BCUT2D eigenvalue weighted by atomic mass is 9.97. The van der Waals surface area contributed by atoms with Crippen molar-refractivity contribution in [2.45, 2.75) is 13.5 Å². The molecule has 2 heterocycles. The van der Waals surface area contributed by atoms with Crippen molar-refractivity contribution < 1.29 is 9.84 Å². The lowest BCUT2D eigenvalue weighted by molar-refractivity contribution is 0.306. The van der Waals surface area contributed by atoms with Crippen LogP contribution in [0.5, 0.6) is 11.5 Å². The highest BCUT2D eigenvalue weighted by molar-refractivity contribution is 6.05. The Morgan fingerprint density at radius 1 is 1.00 bits per heavy atom. The lowest BCUT2D eigenvalue weighted by Crippen LogP contribution is -2.23. The van der Waals surface area contributed by atoms with Crippen LogP contribution in [0, 0.1) is 6.92 Å². The maximum absolute atomic E-state index is 10.7. The smallest absolute Gasteiger partial charge is 0.128 e. The minimum atomic E-state index is 0.348. The summed E-state index contributed by atoms with van der Waals surface area (Å²) in [5.41, 5.74) is 6.39. The first-order chi connectivity index (χ1) is 14.6. The van der Waals surface area contributed by atoms with Crippen molar-refractivity contribution in [2.24, 2.45) is 0 Å². The molecule has 0 aliphatic carbocycles. The Balaban J connectivity index is 1.44. The highest BCUT2D eigenvalue weighted by Gasteiger charge is 2.22. The maximum atomic E-state index is 10.7. The van der Waals surface area contributed by atoms with Crippen molar-refractivity contribution in [3.8, 4) is 11.5 Å². The van der Waals surface area contributed by atoms with Gasteiger partial charge in [-0.3, -0.25) is 0 Å². The van der Waals surface area contributed by atoms with Crippen molar-refractivity contribution >= 4 is 28.4 Å². The SMILES string of the molecule is Cc1ccc2[nH]c3c(c2c1O)C=C(c1ccc(OCc2ccccc2)cc1)CN3C. The second kappa shape index (κ2) is 7.30. The average Bonchev–Trinajstić information content (AvgIpc) is 3.16. The first-order valence-corrected chi connectivity index (χ1v) is 10.1. The van der Waals surface area contributed by atoms with E-state index in [9.17, 15) is 5.11 Å². The molecule has 4 nitrogen and oxygen atoms in total. The summed E-state index contributed by atoms with van der Waals surface area (Å²) < 4.78 is 5.92. The van der Waals surface area contributed by atoms with Gasteiger partial charge in [-0.25, -0.2) is 0 Å². The molecule has 0 atom stereocenters. The summed E-state index contributed by atoms with van der Waals surface area (Å²) in [4.78, 5) is 5.64. The highest BCUT2D eigenvalue weighted by Crippen LogP contribution is 2.41. The monoisotopic (exact) mass is 396 g/mol. The number of H-pyrrole nitrogens is 1. The number of phenolic OH excluding ortho intramolecular Hbond substituents is 1. The van der Waals surface area contributed by atoms with E-state index < -0.39 is 0 Å². The van der Waals surface area contributed by atoms with Gasteiger partial charge in [-0.2, -0.15) is 0 Å². The molecule has 0 spiro atoms. The van der Waals surface area contributed by atoms with Gasteiger partial charge in [0.15, 0.2) is 0 Å². The van der Waals surface area contributed by atoms with Gasteiger partial charge < -0.3 is 19.7 Å². The number of fused-ring (bicyclic) bond motifs is 3. The molecule has 4 aromatic rings. The number of nitrogens with one attached hydrogen (secondary N) is 1. The molecular weight excluding hydrogens is 372 g/mol. The maximum Gasteiger partial charge on any atom is 0.128 e. The Bertz CT molecular complexity index is 1240. The molecule has 30 heavy (non-hydrogen) atoms. The molecular formula is C26H24N2O2. The van der Waals surface area contributed by atoms with Crippen molar-refractivity contribution in [3.05, 3.63) is 89.0 Å². The van der Waals surface area contributed by atoms with Gasteiger partial charge in [-0.05, 0) is 53.5 Å². The Morgan fingerprint density at radius 2 is 1.77 bits per heavy atom. The lowest BCUT2D eigenvalue weighted by Gasteiger charge is -2.25. The number of phenols is 1. The Kier molecular flexibility index (Phi) is 4.47. The molecule has 4 heteroatoms. The number of nitrogens with zero attached hydrogens (tertiary/aromatic N) is 1. The van der Waals surface area contributed by atoms with E-state index in [4.69, 9.17) is 4.74 Å². The van der Waals surface area contributed by atoms with Crippen LogP contribution in [0.15, 0.2) is 66.7 Å². The van der Waals surface area contributed by atoms with Crippen LogP contribution >= 0.6 is 0 Å². The third-order valence-electron chi connectivity index (χ3n) is 5.74. The minimum absolute atomic E-state index is 0.348. The number of aromatic hydroxyl groups is 1. The van der Waals surface area contributed by atoms with E-state index in [0.717, 1.165) is 51.3 Å². The molecule has 1 aliphatic heterocycles. The number of aromatic amines is 1. The molecule has 0 bridgehead atoms. The van der Waals surface area contributed by atoms with Crippen molar-refractivity contribution in [1.82, 2.24) is 4.98 Å². The van der Waals surface area contributed by atoms with Gasteiger partial charge in [-0.1, -0.05) is 48.5 Å².